The molecule has 4 aromatic carbocycles. The molecule has 0 aliphatic heterocycles. The van der Waals surface area contributed by atoms with E-state index in [4.69, 9.17) is 16.9 Å². The zero-order valence-corrected chi connectivity index (χ0v) is 19.3. The van der Waals surface area contributed by atoms with Crippen molar-refractivity contribution in [2.75, 3.05) is 0 Å². The Morgan fingerprint density at radius 3 is 1.39 bits per heavy atom. The van der Waals surface area contributed by atoms with Crippen LogP contribution in [0, 0.1) is 11.3 Å². The van der Waals surface area contributed by atoms with Crippen LogP contribution < -0.4 is 15.9 Å². The summed E-state index contributed by atoms with van der Waals surface area (Å²) in [5.74, 6) is 0.496. The molecule has 0 fully saturated rings. The van der Waals surface area contributed by atoms with E-state index in [1.165, 1.54) is 15.9 Å². The van der Waals surface area contributed by atoms with Crippen molar-refractivity contribution in [1.29, 1.82) is 5.26 Å². The van der Waals surface area contributed by atoms with Gasteiger partial charge in [-0.05, 0) is 54.4 Å². The van der Waals surface area contributed by atoms with Crippen LogP contribution in [0.3, 0.4) is 0 Å². The Bertz CT molecular complexity index is 981. The van der Waals surface area contributed by atoms with Crippen LogP contribution in [0.15, 0.2) is 115 Å². The van der Waals surface area contributed by atoms with Crippen LogP contribution in [-0.4, -0.2) is 0 Å². The van der Waals surface area contributed by atoms with E-state index in [2.05, 4.69) is 97.1 Å². The highest BCUT2D eigenvalue weighted by molar-refractivity contribution is 7.79. The number of benzene rings is 4. The Kier molecular flexibility index (Phi) is 8.86. The predicted octanol–water partition coefficient (Wildman–Crippen LogP) is 6.23. The Hall–Kier alpha value is -2.91. The average molecular weight is 443 g/mol. The molecule has 1 atom stereocenters. The number of nitrogens with zero attached hydrogens (tertiary/aromatic N) is 1. The van der Waals surface area contributed by atoms with Gasteiger partial charge in [-0.15, -0.1) is 11.6 Å². The van der Waals surface area contributed by atoms with Gasteiger partial charge in [-0.25, -0.2) is 0 Å². The van der Waals surface area contributed by atoms with Gasteiger partial charge in [-0.3, -0.25) is 0 Å². The molecule has 0 saturated carbocycles. The van der Waals surface area contributed by atoms with Gasteiger partial charge >= 0.3 is 0 Å². The maximum absolute atomic E-state index is 8.64. The minimum Gasteiger partial charge on any atom is -0.198 e. The molecule has 0 amide bonds. The fourth-order valence-electron chi connectivity index (χ4n) is 3.28. The smallest absolute Gasteiger partial charge is 0.102 e. The summed E-state index contributed by atoms with van der Waals surface area (Å²) in [5, 5.41) is 12.9. The molecule has 31 heavy (non-hydrogen) atoms. The molecule has 0 saturated heterocycles. The third-order valence-corrected chi connectivity index (χ3v) is 8.06. The molecule has 4 rings (SSSR count). The Balaban J connectivity index is 0.000000196. The predicted molar refractivity (Wildman–Crippen MR) is 137 cm³/mol. The molecule has 0 aliphatic carbocycles. The lowest BCUT2D eigenvalue weighted by Gasteiger charge is -2.10. The lowest BCUT2D eigenvalue weighted by molar-refractivity contribution is 0.980. The van der Waals surface area contributed by atoms with E-state index in [1.807, 2.05) is 31.2 Å². The van der Waals surface area contributed by atoms with Gasteiger partial charge in [-0.1, -0.05) is 78.9 Å². The van der Waals surface area contributed by atoms with Crippen molar-refractivity contribution >= 4 is 35.4 Å². The largest absolute Gasteiger partial charge is 0.198 e. The topological polar surface area (TPSA) is 23.8 Å². The SMILES string of the molecule is CC(C#N)c1ccc(CCl)cc1.c1ccc([PH+](c2ccccc2)c2ccccc2)cc1. The molecule has 0 aliphatic rings. The van der Waals surface area contributed by atoms with Gasteiger partial charge in [0.05, 0.1) is 19.9 Å². The van der Waals surface area contributed by atoms with Crippen molar-refractivity contribution in [3.63, 3.8) is 0 Å². The fourth-order valence-corrected chi connectivity index (χ4v) is 6.04. The van der Waals surface area contributed by atoms with Gasteiger partial charge in [-0.2, -0.15) is 5.26 Å². The maximum Gasteiger partial charge on any atom is 0.102 e. The van der Waals surface area contributed by atoms with E-state index in [0.717, 1.165) is 11.1 Å². The molecule has 0 spiro atoms. The molecule has 1 nitrogen and oxygen atoms in total. The summed E-state index contributed by atoms with van der Waals surface area (Å²) in [5.41, 5.74) is 2.14. The zero-order chi connectivity index (χ0) is 21.9. The first-order valence-electron chi connectivity index (χ1n) is 10.3. The molecule has 154 valence electrons. The van der Waals surface area contributed by atoms with Crippen molar-refractivity contribution < 1.29 is 0 Å². The van der Waals surface area contributed by atoms with Crippen LogP contribution >= 0.6 is 19.5 Å². The maximum atomic E-state index is 8.64. The summed E-state index contributed by atoms with van der Waals surface area (Å²) in [7, 11) is -0.877. The molecular formula is C28H26ClNP+. The average Bonchev–Trinajstić information content (AvgIpc) is 2.86. The highest BCUT2D eigenvalue weighted by Gasteiger charge is 2.24. The number of nitriles is 1. The van der Waals surface area contributed by atoms with Crippen LogP contribution in [0.1, 0.15) is 24.0 Å². The van der Waals surface area contributed by atoms with Crippen molar-refractivity contribution in [3.05, 3.63) is 126 Å². The van der Waals surface area contributed by atoms with Crippen molar-refractivity contribution in [1.82, 2.24) is 0 Å². The fraction of sp³-hybridized carbons (Fsp3) is 0.107. The van der Waals surface area contributed by atoms with Gasteiger partial charge < -0.3 is 0 Å². The van der Waals surface area contributed by atoms with Crippen molar-refractivity contribution in [3.8, 4) is 6.07 Å². The summed E-state index contributed by atoms with van der Waals surface area (Å²) >= 11 is 5.63. The summed E-state index contributed by atoms with van der Waals surface area (Å²) in [6.07, 6.45) is 0. The zero-order valence-electron chi connectivity index (χ0n) is 17.6. The van der Waals surface area contributed by atoms with Gasteiger partial charge in [0, 0.05) is 5.88 Å². The first kappa shape index (κ1) is 22.8. The number of halogens is 1. The second kappa shape index (κ2) is 12.1. The van der Waals surface area contributed by atoms with E-state index >= 15 is 0 Å². The van der Waals surface area contributed by atoms with Gasteiger partial charge in [0.2, 0.25) is 0 Å². The summed E-state index contributed by atoms with van der Waals surface area (Å²) in [6.45, 7) is 1.88. The highest BCUT2D eigenvalue weighted by Crippen LogP contribution is 2.32. The van der Waals surface area contributed by atoms with Crippen LogP contribution in [-0.2, 0) is 5.88 Å². The van der Waals surface area contributed by atoms with Gasteiger partial charge in [0.15, 0.2) is 0 Å². The number of hydrogen-bond donors (Lipinski definition) is 0. The lowest BCUT2D eigenvalue weighted by atomic mass is 10.0. The van der Waals surface area contributed by atoms with Gasteiger partial charge in [0.25, 0.3) is 0 Å². The van der Waals surface area contributed by atoms with Gasteiger partial charge in [0.1, 0.15) is 15.9 Å². The van der Waals surface area contributed by atoms with E-state index in [0.29, 0.717) is 5.88 Å². The van der Waals surface area contributed by atoms with Crippen LogP contribution in [0.5, 0.6) is 0 Å². The van der Waals surface area contributed by atoms with E-state index in [1.54, 1.807) is 0 Å². The molecule has 0 bridgehead atoms. The minimum atomic E-state index is -0.877. The Morgan fingerprint density at radius 2 is 1.06 bits per heavy atom. The minimum absolute atomic E-state index is 0.0330. The van der Waals surface area contributed by atoms with E-state index in [-0.39, 0.29) is 5.92 Å². The summed E-state index contributed by atoms with van der Waals surface area (Å²) in [6, 6.07) is 42.5. The second-order valence-corrected chi connectivity index (χ2v) is 9.95. The third kappa shape index (κ3) is 6.53. The highest BCUT2D eigenvalue weighted by atomic mass is 35.5. The molecular weight excluding hydrogens is 417 g/mol. The van der Waals surface area contributed by atoms with E-state index in [9.17, 15) is 0 Å². The molecule has 3 heteroatoms. The molecule has 0 aromatic heterocycles. The molecule has 0 radical (unpaired) electrons. The second-order valence-electron chi connectivity index (χ2n) is 7.20. The summed E-state index contributed by atoms with van der Waals surface area (Å²) in [4.78, 5) is 0. The lowest BCUT2D eigenvalue weighted by Crippen LogP contribution is -2.20. The Labute approximate surface area is 191 Å². The van der Waals surface area contributed by atoms with Crippen LogP contribution in [0.2, 0.25) is 0 Å². The normalized spacial score (nSPS) is 11.2. The number of hydrogen-bond acceptors (Lipinski definition) is 1. The van der Waals surface area contributed by atoms with E-state index < -0.39 is 7.92 Å². The monoisotopic (exact) mass is 442 g/mol. The Morgan fingerprint density at radius 1 is 0.677 bits per heavy atom. The molecule has 0 heterocycles. The quantitative estimate of drug-likeness (QED) is 0.265. The number of rotatable bonds is 5. The van der Waals surface area contributed by atoms with Crippen molar-refractivity contribution in [2.45, 2.75) is 18.7 Å². The standard InChI is InChI=1S/C18H15P.C10H10ClN/c1-4-10-16(11-5-1)19(17-12-6-2-7-13-17)18-14-8-3-9-15-18;1-8(7-12)10-4-2-9(6-11)3-5-10/h1-15H;2-5,8H,6H2,1H3/p+1. The first-order valence-corrected chi connectivity index (χ1v) is 12.3. The van der Waals surface area contributed by atoms with Crippen molar-refractivity contribution in [2.24, 2.45) is 0 Å². The van der Waals surface area contributed by atoms with Crippen LogP contribution in [0.25, 0.3) is 0 Å². The molecule has 4 aromatic rings. The number of alkyl halides is 1. The first-order chi connectivity index (χ1) is 15.2. The molecule has 1 unspecified atom stereocenters. The summed E-state index contributed by atoms with van der Waals surface area (Å²) < 4.78 is 0. The van der Waals surface area contributed by atoms with Crippen LogP contribution in [0.4, 0.5) is 0 Å². The third-order valence-electron chi connectivity index (χ3n) is 5.02. The molecule has 0 N–H and O–H groups in total.